The Balaban J connectivity index is 2.42. The van der Waals surface area contributed by atoms with Crippen molar-refractivity contribution < 1.29 is 5.11 Å². The van der Waals surface area contributed by atoms with Crippen molar-refractivity contribution in [2.75, 3.05) is 14.1 Å². The first-order valence-electron chi connectivity index (χ1n) is 7.48. The molecule has 1 aliphatic rings. The van der Waals surface area contributed by atoms with E-state index in [1.54, 1.807) is 6.20 Å². The van der Waals surface area contributed by atoms with Gasteiger partial charge in [-0.3, -0.25) is 4.68 Å². The highest BCUT2D eigenvalue weighted by atomic mass is 79.9. The van der Waals surface area contributed by atoms with Gasteiger partial charge in [-0.2, -0.15) is 5.10 Å². The Morgan fingerprint density at radius 3 is 2.40 bits per heavy atom. The Morgan fingerprint density at radius 1 is 1.30 bits per heavy atom. The number of nitrogens with zero attached hydrogens (tertiary/aromatic N) is 3. The molecule has 0 spiro atoms. The molecule has 4 nitrogen and oxygen atoms in total. The summed E-state index contributed by atoms with van der Waals surface area (Å²) in [5, 5.41) is 15.5. The van der Waals surface area contributed by atoms with Gasteiger partial charge in [0.2, 0.25) is 0 Å². The molecule has 0 amide bonds. The normalized spacial score (nSPS) is 20.6. The van der Waals surface area contributed by atoms with Gasteiger partial charge < -0.3 is 10.0 Å². The molecule has 0 bridgehead atoms. The highest BCUT2D eigenvalue weighted by molar-refractivity contribution is 9.10. The predicted octanol–water partition coefficient (Wildman–Crippen LogP) is 3.52. The largest absolute Gasteiger partial charge is 0.385 e. The molecule has 0 aliphatic heterocycles. The molecule has 0 aromatic carbocycles. The quantitative estimate of drug-likeness (QED) is 0.909. The van der Waals surface area contributed by atoms with Crippen molar-refractivity contribution in [2.45, 2.75) is 63.6 Å². The average molecular weight is 344 g/mol. The van der Waals surface area contributed by atoms with Crippen LogP contribution in [0.1, 0.15) is 63.8 Å². The van der Waals surface area contributed by atoms with E-state index in [-0.39, 0.29) is 11.6 Å². The predicted molar refractivity (Wildman–Crippen MR) is 84.8 cm³/mol. The summed E-state index contributed by atoms with van der Waals surface area (Å²) >= 11 is 3.56. The summed E-state index contributed by atoms with van der Waals surface area (Å²) < 4.78 is 2.85. The van der Waals surface area contributed by atoms with Gasteiger partial charge in [0.1, 0.15) is 6.10 Å². The Morgan fingerprint density at radius 2 is 1.90 bits per heavy atom. The fourth-order valence-corrected chi connectivity index (χ4v) is 3.89. The van der Waals surface area contributed by atoms with Crippen LogP contribution in [0.25, 0.3) is 0 Å². The van der Waals surface area contributed by atoms with Gasteiger partial charge in [0, 0.05) is 6.04 Å². The van der Waals surface area contributed by atoms with E-state index >= 15 is 0 Å². The molecule has 0 radical (unpaired) electrons. The highest BCUT2D eigenvalue weighted by Crippen LogP contribution is 2.44. The maximum absolute atomic E-state index is 11.1. The van der Waals surface area contributed by atoms with Crippen LogP contribution in [-0.4, -0.2) is 39.4 Å². The lowest BCUT2D eigenvalue weighted by Gasteiger charge is -2.46. The first kappa shape index (κ1) is 16.0. The Labute approximate surface area is 130 Å². The summed E-state index contributed by atoms with van der Waals surface area (Å²) in [5.41, 5.74) is 0.739. The van der Waals surface area contributed by atoms with Gasteiger partial charge >= 0.3 is 0 Å². The maximum atomic E-state index is 11.1. The lowest BCUT2D eigenvalue weighted by molar-refractivity contribution is -0.0387. The van der Waals surface area contributed by atoms with E-state index in [1.165, 1.54) is 19.3 Å². The second kappa shape index (κ2) is 6.16. The van der Waals surface area contributed by atoms with Crippen LogP contribution < -0.4 is 0 Å². The van der Waals surface area contributed by atoms with Crippen molar-refractivity contribution in [3.63, 3.8) is 0 Å². The molecule has 20 heavy (non-hydrogen) atoms. The number of hydrogen-bond donors (Lipinski definition) is 1. The van der Waals surface area contributed by atoms with Crippen molar-refractivity contribution in [2.24, 2.45) is 0 Å². The molecule has 1 saturated carbocycles. The molecular weight excluding hydrogens is 318 g/mol. The van der Waals surface area contributed by atoms with Gasteiger partial charge in [0.25, 0.3) is 0 Å². The van der Waals surface area contributed by atoms with Gasteiger partial charge in [-0.15, -0.1) is 0 Å². The molecule has 1 fully saturated rings. The first-order valence-corrected chi connectivity index (χ1v) is 8.28. The number of aliphatic hydroxyl groups is 1. The molecule has 1 aliphatic carbocycles. The molecule has 114 valence electrons. The third-order valence-corrected chi connectivity index (χ3v) is 5.27. The van der Waals surface area contributed by atoms with Gasteiger partial charge in [-0.25, -0.2) is 0 Å². The summed E-state index contributed by atoms with van der Waals surface area (Å²) in [4.78, 5) is 2.21. The monoisotopic (exact) mass is 343 g/mol. The summed E-state index contributed by atoms with van der Waals surface area (Å²) in [6.45, 7) is 4.19. The van der Waals surface area contributed by atoms with Crippen molar-refractivity contribution in [1.82, 2.24) is 14.7 Å². The number of aliphatic hydroxyl groups excluding tert-OH is 1. The van der Waals surface area contributed by atoms with Crippen molar-refractivity contribution in [3.05, 3.63) is 16.4 Å². The second-order valence-electron chi connectivity index (χ2n) is 6.38. The van der Waals surface area contributed by atoms with Gasteiger partial charge in [0.05, 0.1) is 21.9 Å². The van der Waals surface area contributed by atoms with Gasteiger partial charge in [0.15, 0.2) is 0 Å². The van der Waals surface area contributed by atoms with Crippen LogP contribution in [0.15, 0.2) is 10.7 Å². The fraction of sp³-hybridized carbons (Fsp3) is 0.800. The summed E-state index contributed by atoms with van der Waals surface area (Å²) in [7, 11) is 4.16. The van der Waals surface area contributed by atoms with E-state index in [9.17, 15) is 5.11 Å². The molecule has 0 saturated heterocycles. The molecule has 1 unspecified atom stereocenters. The molecule has 2 rings (SSSR count). The van der Waals surface area contributed by atoms with Gasteiger partial charge in [-0.05, 0) is 56.7 Å². The average Bonchev–Trinajstić information content (AvgIpc) is 2.80. The van der Waals surface area contributed by atoms with E-state index in [1.807, 2.05) is 4.68 Å². The topological polar surface area (TPSA) is 41.3 Å². The molecule has 1 atom stereocenters. The minimum absolute atomic E-state index is 0.173. The SMILES string of the molecule is CC(C)n1ncc(Br)c1C(O)C1(N(C)C)CCCCC1. The summed E-state index contributed by atoms with van der Waals surface area (Å²) in [6, 6.07) is 0.244. The number of hydrogen-bond acceptors (Lipinski definition) is 3. The standard InChI is InChI=1S/C15H26BrN3O/c1-11(2)19-13(12(16)10-17-19)14(20)15(18(3)4)8-6-5-7-9-15/h10-11,14,20H,5-9H2,1-4H3. The van der Waals surface area contributed by atoms with Crippen molar-refractivity contribution in [1.29, 1.82) is 0 Å². The fourth-order valence-electron chi connectivity index (χ4n) is 3.40. The lowest BCUT2D eigenvalue weighted by atomic mass is 9.75. The Kier molecular flexibility index (Phi) is 4.92. The maximum Gasteiger partial charge on any atom is 0.115 e. The smallest absolute Gasteiger partial charge is 0.115 e. The van der Waals surface area contributed by atoms with Crippen LogP contribution in [0.3, 0.4) is 0 Å². The molecule has 1 aromatic rings. The Bertz CT molecular complexity index is 450. The molecular formula is C15H26BrN3O. The number of likely N-dealkylation sites (N-methyl/N-ethyl adjacent to an activating group) is 1. The van der Waals surface area contributed by atoms with Crippen LogP contribution in [0.5, 0.6) is 0 Å². The van der Waals surface area contributed by atoms with E-state index in [0.29, 0.717) is 0 Å². The van der Waals surface area contributed by atoms with Crippen molar-refractivity contribution in [3.8, 4) is 0 Å². The van der Waals surface area contributed by atoms with Crippen LogP contribution in [0, 0.1) is 0 Å². The Hall–Kier alpha value is -0.390. The van der Waals surface area contributed by atoms with E-state index in [4.69, 9.17) is 0 Å². The van der Waals surface area contributed by atoms with Crippen molar-refractivity contribution >= 4 is 15.9 Å². The number of halogens is 1. The molecule has 1 aromatic heterocycles. The third-order valence-electron chi connectivity index (χ3n) is 4.65. The summed E-state index contributed by atoms with van der Waals surface area (Å²) in [5.74, 6) is 0. The van der Waals surface area contributed by atoms with E-state index in [0.717, 1.165) is 23.0 Å². The molecule has 5 heteroatoms. The van der Waals surface area contributed by atoms with Gasteiger partial charge in [-0.1, -0.05) is 19.3 Å². The van der Waals surface area contributed by atoms with E-state index < -0.39 is 6.10 Å². The molecule has 1 N–H and O–H groups in total. The lowest BCUT2D eigenvalue weighted by Crippen LogP contribution is -2.51. The van der Waals surface area contributed by atoms with E-state index in [2.05, 4.69) is 53.9 Å². The zero-order valence-electron chi connectivity index (χ0n) is 12.9. The van der Waals surface area contributed by atoms with Crippen LogP contribution in [-0.2, 0) is 0 Å². The highest BCUT2D eigenvalue weighted by Gasteiger charge is 2.44. The zero-order chi connectivity index (χ0) is 14.9. The van der Waals surface area contributed by atoms with Crippen LogP contribution in [0.2, 0.25) is 0 Å². The molecule has 1 heterocycles. The number of aromatic nitrogens is 2. The summed E-state index contributed by atoms with van der Waals surface area (Å²) in [6.07, 6.45) is 6.99. The first-order chi connectivity index (χ1) is 9.40. The minimum atomic E-state index is -0.517. The van der Waals surface area contributed by atoms with Crippen LogP contribution >= 0.6 is 15.9 Å². The van der Waals surface area contributed by atoms with Crippen LogP contribution in [0.4, 0.5) is 0 Å². The third kappa shape index (κ3) is 2.68. The second-order valence-corrected chi connectivity index (χ2v) is 7.23. The minimum Gasteiger partial charge on any atom is -0.385 e. The zero-order valence-corrected chi connectivity index (χ0v) is 14.5. The number of rotatable bonds is 4.